The standard InChI is InChI=1S/C19H27FN2O5S/c1-18(8-10-28(25,26)14-18)21-17(23)11-22-9-2-7-19(24,12-22)13-27-16-5-3-15(20)4-6-16/h3-6,24H,2,7-14H2,1H3,(H,21,23)/t18-,19+/m1/s1. The molecule has 2 atom stereocenters. The number of amides is 1. The Morgan fingerprint density at radius 2 is 2.04 bits per heavy atom. The number of β-amino-alcohol motifs (C(OH)–C–C–N with tert-alkyl or cyclic N) is 1. The highest BCUT2D eigenvalue weighted by molar-refractivity contribution is 7.91. The summed E-state index contributed by atoms with van der Waals surface area (Å²) < 4.78 is 41.9. The summed E-state index contributed by atoms with van der Waals surface area (Å²) in [5.74, 6) is -0.0807. The average molecular weight is 414 g/mol. The van der Waals surface area contributed by atoms with Crippen molar-refractivity contribution in [2.45, 2.75) is 37.3 Å². The third-order valence-corrected chi connectivity index (χ3v) is 7.17. The van der Waals surface area contributed by atoms with Gasteiger partial charge in [-0.2, -0.15) is 0 Å². The molecule has 156 valence electrons. The van der Waals surface area contributed by atoms with Gasteiger partial charge in [-0.05, 0) is 57.0 Å². The molecular formula is C19H27FN2O5S. The third kappa shape index (κ3) is 5.65. The predicted molar refractivity (Wildman–Crippen MR) is 102 cm³/mol. The molecule has 0 aromatic heterocycles. The number of hydrogen-bond acceptors (Lipinski definition) is 6. The van der Waals surface area contributed by atoms with Crippen LogP contribution >= 0.6 is 0 Å². The minimum absolute atomic E-state index is 0.0405. The molecule has 0 saturated carbocycles. The van der Waals surface area contributed by atoms with E-state index >= 15 is 0 Å². The molecule has 7 nitrogen and oxygen atoms in total. The fraction of sp³-hybridized carbons (Fsp3) is 0.632. The second-order valence-corrected chi connectivity index (χ2v) is 10.4. The number of piperidine rings is 1. The summed E-state index contributed by atoms with van der Waals surface area (Å²) in [6, 6.07) is 5.59. The number of ether oxygens (including phenoxy) is 1. The van der Waals surface area contributed by atoms with Crippen LogP contribution in [0.2, 0.25) is 0 Å². The van der Waals surface area contributed by atoms with E-state index in [4.69, 9.17) is 4.74 Å². The van der Waals surface area contributed by atoms with Crippen molar-refractivity contribution < 1.29 is 27.4 Å². The Morgan fingerprint density at radius 1 is 1.32 bits per heavy atom. The van der Waals surface area contributed by atoms with Crippen molar-refractivity contribution in [2.75, 3.05) is 37.7 Å². The molecule has 2 N–H and O–H groups in total. The Bertz CT molecular complexity index is 816. The average Bonchev–Trinajstić information content (AvgIpc) is 2.87. The van der Waals surface area contributed by atoms with Crippen LogP contribution in [0.15, 0.2) is 24.3 Å². The summed E-state index contributed by atoms with van der Waals surface area (Å²) in [5.41, 5.74) is -1.83. The number of aliphatic hydroxyl groups is 1. The zero-order valence-electron chi connectivity index (χ0n) is 16.0. The van der Waals surface area contributed by atoms with Crippen LogP contribution in [0.3, 0.4) is 0 Å². The molecule has 2 heterocycles. The van der Waals surface area contributed by atoms with Gasteiger partial charge in [-0.15, -0.1) is 0 Å². The van der Waals surface area contributed by atoms with Crippen molar-refractivity contribution >= 4 is 15.7 Å². The number of rotatable bonds is 6. The number of halogens is 1. The van der Waals surface area contributed by atoms with Crippen LogP contribution < -0.4 is 10.1 Å². The first kappa shape index (κ1) is 21.0. The quantitative estimate of drug-likeness (QED) is 0.712. The Labute approximate surface area is 164 Å². The molecule has 2 aliphatic rings. The van der Waals surface area contributed by atoms with E-state index in [1.54, 1.807) is 6.92 Å². The summed E-state index contributed by atoms with van der Waals surface area (Å²) in [4.78, 5) is 14.3. The summed E-state index contributed by atoms with van der Waals surface area (Å²) in [5, 5.41) is 13.7. The highest BCUT2D eigenvalue weighted by atomic mass is 32.2. The zero-order valence-corrected chi connectivity index (χ0v) is 16.8. The Kier molecular flexibility index (Phi) is 5.97. The summed E-state index contributed by atoms with van der Waals surface area (Å²) in [6.45, 7) is 2.83. The van der Waals surface area contributed by atoms with Crippen molar-refractivity contribution in [1.29, 1.82) is 0 Å². The van der Waals surface area contributed by atoms with Crippen LogP contribution in [0.1, 0.15) is 26.2 Å². The van der Waals surface area contributed by atoms with Gasteiger partial charge >= 0.3 is 0 Å². The Balaban J connectivity index is 1.51. The van der Waals surface area contributed by atoms with Crippen molar-refractivity contribution in [3.63, 3.8) is 0 Å². The fourth-order valence-corrected chi connectivity index (χ4v) is 5.99. The minimum Gasteiger partial charge on any atom is -0.491 e. The van der Waals surface area contributed by atoms with E-state index in [1.165, 1.54) is 24.3 Å². The molecule has 0 unspecified atom stereocenters. The number of nitrogens with one attached hydrogen (secondary N) is 1. The monoisotopic (exact) mass is 414 g/mol. The molecule has 0 spiro atoms. The van der Waals surface area contributed by atoms with Crippen LogP contribution in [-0.4, -0.2) is 73.2 Å². The molecule has 3 rings (SSSR count). The van der Waals surface area contributed by atoms with Gasteiger partial charge in [0, 0.05) is 6.54 Å². The molecule has 1 aromatic rings. The van der Waals surface area contributed by atoms with E-state index in [0.717, 1.165) is 0 Å². The SMILES string of the molecule is C[C@@]1(NC(=O)CN2CCC[C@@](O)(COc3ccc(F)cc3)C2)CCS(=O)(=O)C1. The van der Waals surface area contributed by atoms with E-state index in [-0.39, 0.29) is 42.9 Å². The first-order valence-corrected chi connectivity index (χ1v) is 11.2. The van der Waals surface area contributed by atoms with E-state index in [2.05, 4.69) is 5.32 Å². The second-order valence-electron chi connectivity index (χ2n) is 8.23. The molecule has 9 heteroatoms. The Morgan fingerprint density at radius 3 is 2.68 bits per heavy atom. The number of likely N-dealkylation sites (tertiary alicyclic amines) is 1. The number of sulfone groups is 1. The van der Waals surface area contributed by atoms with Crippen molar-refractivity contribution in [3.8, 4) is 5.75 Å². The normalized spacial score (nSPS) is 30.1. The lowest BCUT2D eigenvalue weighted by Crippen LogP contribution is -2.55. The van der Waals surface area contributed by atoms with Gasteiger partial charge < -0.3 is 15.2 Å². The topological polar surface area (TPSA) is 95.9 Å². The molecule has 1 amide bonds. The molecule has 0 radical (unpaired) electrons. The number of nitrogens with zero attached hydrogens (tertiary/aromatic N) is 1. The van der Waals surface area contributed by atoms with Gasteiger partial charge in [0.2, 0.25) is 5.91 Å². The number of carbonyl (C=O) groups is 1. The zero-order chi connectivity index (χ0) is 20.4. The van der Waals surface area contributed by atoms with Crippen LogP contribution in [0.5, 0.6) is 5.75 Å². The summed E-state index contributed by atoms with van der Waals surface area (Å²) >= 11 is 0. The smallest absolute Gasteiger partial charge is 0.234 e. The molecule has 0 aliphatic carbocycles. The lowest BCUT2D eigenvalue weighted by molar-refractivity contribution is -0.126. The van der Waals surface area contributed by atoms with Gasteiger partial charge in [0.15, 0.2) is 9.84 Å². The lowest BCUT2D eigenvalue weighted by atomic mass is 9.93. The molecule has 2 fully saturated rings. The predicted octanol–water partition coefficient (Wildman–Crippen LogP) is 0.725. The maximum absolute atomic E-state index is 13.0. The first-order chi connectivity index (χ1) is 13.1. The maximum Gasteiger partial charge on any atom is 0.234 e. The highest BCUT2D eigenvalue weighted by Crippen LogP contribution is 2.25. The van der Waals surface area contributed by atoms with E-state index < -0.39 is 21.0 Å². The molecule has 2 saturated heterocycles. The van der Waals surface area contributed by atoms with E-state index in [9.17, 15) is 22.7 Å². The van der Waals surface area contributed by atoms with Crippen LogP contribution in [0.25, 0.3) is 0 Å². The maximum atomic E-state index is 13.0. The third-order valence-electron chi connectivity index (χ3n) is 5.27. The van der Waals surface area contributed by atoms with Crippen LogP contribution in [0.4, 0.5) is 4.39 Å². The molecule has 1 aromatic carbocycles. The molecule has 28 heavy (non-hydrogen) atoms. The Hall–Kier alpha value is -1.71. The first-order valence-electron chi connectivity index (χ1n) is 9.41. The van der Waals surface area contributed by atoms with Gasteiger partial charge in [0.05, 0.1) is 23.6 Å². The van der Waals surface area contributed by atoms with Gasteiger partial charge in [0.25, 0.3) is 0 Å². The fourth-order valence-electron chi connectivity index (χ4n) is 3.90. The van der Waals surface area contributed by atoms with E-state index in [1.807, 2.05) is 4.90 Å². The molecular weight excluding hydrogens is 387 g/mol. The number of benzene rings is 1. The lowest BCUT2D eigenvalue weighted by Gasteiger charge is -2.39. The number of carbonyl (C=O) groups excluding carboxylic acids is 1. The number of hydrogen-bond donors (Lipinski definition) is 2. The van der Waals surface area contributed by atoms with Crippen molar-refractivity contribution in [2.24, 2.45) is 0 Å². The van der Waals surface area contributed by atoms with Gasteiger partial charge in [0.1, 0.15) is 23.8 Å². The molecule has 0 bridgehead atoms. The van der Waals surface area contributed by atoms with Crippen molar-refractivity contribution in [1.82, 2.24) is 10.2 Å². The summed E-state index contributed by atoms with van der Waals surface area (Å²) in [6.07, 6.45) is 1.67. The molecule has 2 aliphatic heterocycles. The van der Waals surface area contributed by atoms with Crippen LogP contribution in [0, 0.1) is 5.82 Å². The summed E-state index contributed by atoms with van der Waals surface area (Å²) in [7, 11) is -3.10. The highest BCUT2D eigenvalue weighted by Gasteiger charge is 2.40. The van der Waals surface area contributed by atoms with Crippen molar-refractivity contribution in [3.05, 3.63) is 30.1 Å². The largest absolute Gasteiger partial charge is 0.491 e. The second kappa shape index (κ2) is 7.96. The van der Waals surface area contributed by atoms with E-state index in [0.29, 0.717) is 31.6 Å². The van der Waals surface area contributed by atoms with Gasteiger partial charge in [-0.3, -0.25) is 9.69 Å². The van der Waals surface area contributed by atoms with Gasteiger partial charge in [-0.25, -0.2) is 12.8 Å². The van der Waals surface area contributed by atoms with Crippen LogP contribution in [-0.2, 0) is 14.6 Å². The van der Waals surface area contributed by atoms with Gasteiger partial charge in [-0.1, -0.05) is 0 Å². The minimum atomic E-state index is -3.10.